The van der Waals surface area contributed by atoms with Crippen molar-refractivity contribution < 1.29 is 14.6 Å². The Labute approximate surface area is 99.0 Å². The number of aromatic hydroxyl groups is 1. The molecule has 2 rings (SSSR count). The van der Waals surface area contributed by atoms with Crippen LogP contribution in [0.2, 0.25) is 0 Å². The SMILES string of the molecule is Oc1ccccc1[C@H](O)Cc1cccc(F)c1. The smallest absolute Gasteiger partial charge is 0.123 e. The molecule has 0 unspecified atom stereocenters. The van der Waals surface area contributed by atoms with Gasteiger partial charge in [-0.15, -0.1) is 0 Å². The zero-order chi connectivity index (χ0) is 12.3. The summed E-state index contributed by atoms with van der Waals surface area (Å²) < 4.78 is 13.0. The van der Waals surface area contributed by atoms with E-state index in [1.54, 1.807) is 30.3 Å². The Morgan fingerprint density at radius 2 is 1.82 bits per heavy atom. The van der Waals surface area contributed by atoms with Crippen molar-refractivity contribution >= 4 is 0 Å². The molecule has 0 aromatic heterocycles. The number of halogens is 1. The summed E-state index contributed by atoms with van der Waals surface area (Å²) in [5.41, 5.74) is 1.15. The van der Waals surface area contributed by atoms with Crippen LogP contribution in [-0.4, -0.2) is 10.2 Å². The van der Waals surface area contributed by atoms with E-state index < -0.39 is 6.10 Å². The molecule has 0 aliphatic heterocycles. The van der Waals surface area contributed by atoms with Gasteiger partial charge in [0.1, 0.15) is 11.6 Å². The monoisotopic (exact) mass is 232 g/mol. The van der Waals surface area contributed by atoms with Crippen molar-refractivity contribution in [2.45, 2.75) is 12.5 Å². The van der Waals surface area contributed by atoms with Crippen molar-refractivity contribution in [1.82, 2.24) is 0 Å². The van der Waals surface area contributed by atoms with Gasteiger partial charge in [0.05, 0.1) is 6.10 Å². The van der Waals surface area contributed by atoms with Crippen molar-refractivity contribution in [1.29, 1.82) is 0 Å². The Morgan fingerprint density at radius 3 is 2.53 bits per heavy atom. The minimum Gasteiger partial charge on any atom is -0.508 e. The fraction of sp³-hybridized carbons (Fsp3) is 0.143. The standard InChI is InChI=1S/C14H13FO2/c15-11-5-3-4-10(8-11)9-14(17)12-6-1-2-7-13(12)16/h1-8,14,16-17H,9H2/t14-/m1/s1. The Bertz CT molecular complexity index is 511. The minimum absolute atomic E-state index is 0.0522. The molecule has 1 atom stereocenters. The molecule has 0 amide bonds. The van der Waals surface area contributed by atoms with Gasteiger partial charge in [-0.1, -0.05) is 30.3 Å². The van der Waals surface area contributed by atoms with Crippen LogP contribution in [0.5, 0.6) is 5.75 Å². The zero-order valence-corrected chi connectivity index (χ0v) is 9.18. The Hall–Kier alpha value is -1.87. The minimum atomic E-state index is -0.835. The van der Waals surface area contributed by atoms with Crippen LogP contribution < -0.4 is 0 Å². The molecular weight excluding hydrogens is 219 g/mol. The highest BCUT2D eigenvalue weighted by Gasteiger charge is 2.12. The average Bonchev–Trinajstić information content (AvgIpc) is 2.29. The second-order valence-electron chi connectivity index (χ2n) is 3.91. The molecule has 2 aromatic carbocycles. The molecule has 0 heterocycles. The molecule has 0 bridgehead atoms. The van der Waals surface area contributed by atoms with Crippen molar-refractivity contribution in [2.24, 2.45) is 0 Å². The maximum absolute atomic E-state index is 13.0. The summed E-state index contributed by atoms with van der Waals surface area (Å²) in [6, 6.07) is 12.7. The second-order valence-corrected chi connectivity index (χ2v) is 3.91. The molecule has 0 fully saturated rings. The fourth-order valence-electron chi connectivity index (χ4n) is 1.77. The molecule has 0 saturated heterocycles. The van der Waals surface area contributed by atoms with E-state index in [2.05, 4.69) is 0 Å². The maximum Gasteiger partial charge on any atom is 0.123 e. The summed E-state index contributed by atoms with van der Waals surface area (Å²) in [6.45, 7) is 0. The third-order valence-electron chi connectivity index (χ3n) is 2.61. The van der Waals surface area contributed by atoms with Gasteiger partial charge in [-0.2, -0.15) is 0 Å². The number of phenols is 1. The Kier molecular flexibility index (Phi) is 3.40. The highest BCUT2D eigenvalue weighted by Crippen LogP contribution is 2.26. The fourth-order valence-corrected chi connectivity index (χ4v) is 1.77. The second kappa shape index (κ2) is 4.97. The van der Waals surface area contributed by atoms with Gasteiger partial charge in [-0.3, -0.25) is 0 Å². The first-order valence-electron chi connectivity index (χ1n) is 5.37. The largest absolute Gasteiger partial charge is 0.508 e. The van der Waals surface area contributed by atoms with E-state index in [1.807, 2.05) is 0 Å². The number of para-hydroxylation sites is 1. The average molecular weight is 232 g/mol. The molecule has 0 aliphatic rings. The molecule has 2 aromatic rings. The summed E-state index contributed by atoms with van der Waals surface area (Å²) >= 11 is 0. The van der Waals surface area contributed by atoms with Gasteiger partial charge in [0.15, 0.2) is 0 Å². The van der Waals surface area contributed by atoms with Gasteiger partial charge in [-0.05, 0) is 23.8 Å². The predicted molar refractivity (Wildman–Crippen MR) is 63.2 cm³/mol. The first-order valence-corrected chi connectivity index (χ1v) is 5.37. The number of aliphatic hydroxyl groups excluding tert-OH is 1. The van der Waals surface area contributed by atoms with E-state index in [1.165, 1.54) is 18.2 Å². The lowest BCUT2D eigenvalue weighted by atomic mass is 10.0. The first-order chi connectivity index (χ1) is 8.16. The molecule has 88 valence electrons. The number of hydrogen-bond donors (Lipinski definition) is 2. The molecule has 0 spiro atoms. The molecular formula is C14H13FO2. The van der Waals surface area contributed by atoms with Crippen LogP contribution in [0.4, 0.5) is 4.39 Å². The summed E-state index contributed by atoms with van der Waals surface area (Å²) in [4.78, 5) is 0. The summed E-state index contributed by atoms with van der Waals surface area (Å²) in [7, 11) is 0. The molecule has 0 aliphatic carbocycles. The maximum atomic E-state index is 13.0. The number of aliphatic hydroxyl groups is 1. The van der Waals surface area contributed by atoms with Gasteiger partial charge < -0.3 is 10.2 Å². The highest BCUT2D eigenvalue weighted by molar-refractivity contribution is 5.34. The third kappa shape index (κ3) is 2.82. The number of hydrogen-bond acceptors (Lipinski definition) is 2. The summed E-state index contributed by atoms with van der Waals surface area (Å²) in [6.07, 6.45) is -0.562. The van der Waals surface area contributed by atoms with E-state index >= 15 is 0 Å². The van der Waals surface area contributed by atoms with E-state index in [4.69, 9.17) is 0 Å². The molecule has 17 heavy (non-hydrogen) atoms. The summed E-state index contributed by atoms with van der Waals surface area (Å²) in [5.74, 6) is -0.275. The van der Waals surface area contributed by atoms with E-state index in [0.29, 0.717) is 11.1 Å². The molecule has 0 radical (unpaired) electrons. The lowest BCUT2D eigenvalue weighted by molar-refractivity contribution is 0.174. The lowest BCUT2D eigenvalue weighted by Crippen LogP contribution is -2.02. The zero-order valence-electron chi connectivity index (χ0n) is 9.18. The number of benzene rings is 2. The van der Waals surface area contributed by atoms with Crippen LogP contribution in [0.3, 0.4) is 0 Å². The van der Waals surface area contributed by atoms with Crippen molar-refractivity contribution in [3.63, 3.8) is 0 Å². The van der Waals surface area contributed by atoms with Gasteiger partial charge in [-0.25, -0.2) is 4.39 Å². The Balaban J connectivity index is 2.17. The van der Waals surface area contributed by atoms with Crippen molar-refractivity contribution in [3.8, 4) is 5.75 Å². The van der Waals surface area contributed by atoms with Gasteiger partial charge >= 0.3 is 0 Å². The van der Waals surface area contributed by atoms with Gasteiger partial charge in [0.2, 0.25) is 0 Å². The van der Waals surface area contributed by atoms with Crippen LogP contribution in [0.25, 0.3) is 0 Å². The first kappa shape index (κ1) is 11.6. The Morgan fingerprint density at radius 1 is 1.06 bits per heavy atom. The van der Waals surface area contributed by atoms with E-state index in [9.17, 15) is 14.6 Å². The van der Waals surface area contributed by atoms with Crippen LogP contribution in [0, 0.1) is 5.82 Å². The van der Waals surface area contributed by atoms with Crippen molar-refractivity contribution in [2.75, 3.05) is 0 Å². The molecule has 3 heteroatoms. The van der Waals surface area contributed by atoms with Gasteiger partial charge in [0.25, 0.3) is 0 Å². The van der Waals surface area contributed by atoms with Crippen LogP contribution in [0.1, 0.15) is 17.2 Å². The normalized spacial score (nSPS) is 12.4. The van der Waals surface area contributed by atoms with E-state index in [-0.39, 0.29) is 18.0 Å². The van der Waals surface area contributed by atoms with Crippen LogP contribution in [0.15, 0.2) is 48.5 Å². The molecule has 0 saturated carbocycles. The van der Waals surface area contributed by atoms with Crippen LogP contribution in [-0.2, 0) is 6.42 Å². The molecule has 2 nitrogen and oxygen atoms in total. The lowest BCUT2D eigenvalue weighted by Gasteiger charge is -2.12. The quantitative estimate of drug-likeness (QED) is 0.854. The number of phenolic OH excluding ortho intramolecular Hbond substituents is 1. The van der Waals surface area contributed by atoms with Crippen molar-refractivity contribution in [3.05, 3.63) is 65.5 Å². The van der Waals surface area contributed by atoms with Crippen LogP contribution >= 0.6 is 0 Å². The predicted octanol–water partition coefficient (Wildman–Crippen LogP) is 2.81. The topological polar surface area (TPSA) is 40.5 Å². The highest BCUT2D eigenvalue weighted by atomic mass is 19.1. The summed E-state index contributed by atoms with van der Waals surface area (Å²) in [5, 5.41) is 19.5. The third-order valence-corrected chi connectivity index (χ3v) is 2.61. The molecule has 2 N–H and O–H groups in total. The van der Waals surface area contributed by atoms with Gasteiger partial charge in [0, 0.05) is 12.0 Å². The van der Waals surface area contributed by atoms with E-state index in [0.717, 1.165) is 0 Å². The number of rotatable bonds is 3.